The molecule has 5 rings (SSSR count). The molecule has 1 aliphatic rings. The summed E-state index contributed by atoms with van der Waals surface area (Å²) in [5.74, 6) is 0.589. The third-order valence-corrected chi connectivity index (χ3v) is 6.47. The zero-order chi connectivity index (χ0) is 25.6. The first-order valence-corrected chi connectivity index (χ1v) is 12.4. The largest absolute Gasteiger partial charge is 0.455 e. The molecule has 0 unspecified atom stereocenters. The summed E-state index contributed by atoms with van der Waals surface area (Å²) < 4.78 is 6.18. The van der Waals surface area contributed by atoms with Gasteiger partial charge in [-0.05, 0) is 43.0 Å². The molecule has 0 bridgehead atoms. The highest BCUT2D eigenvalue weighted by molar-refractivity contribution is 6.07. The fourth-order valence-electron chi connectivity index (χ4n) is 4.62. The van der Waals surface area contributed by atoms with Crippen LogP contribution in [0.3, 0.4) is 0 Å². The highest BCUT2D eigenvalue weighted by atomic mass is 16.4. The van der Waals surface area contributed by atoms with Crippen molar-refractivity contribution in [2.45, 2.75) is 39.3 Å². The van der Waals surface area contributed by atoms with E-state index in [1.807, 2.05) is 72.5 Å². The van der Waals surface area contributed by atoms with Crippen LogP contribution in [0.1, 0.15) is 61.8 Å². The molecule has 2 aromatic carbocycles. The van der Waals surface area contributed by atoms with Crippen molar-refractivity contribution < 1.29 is 14.0 Å². The molecular formula is C30H28N4O3. The monoisotopic (exact) mass is 492 g/mol. The maximum absolute atomic E-state index is 13.9. The van der Waals surface area contributed by atoms with E-state index in [0.29, 0.717) is 30.8 Å². The number of aromatic nitrogens is 1. The van der Waals surface area contributed by atoms with Crippen LogP contribution >= 0.6 is 0 Å². The number of furan rings is 1. The number of nitrogens with zero attached hydrogens (tertiary/aromatic N) is 3. The van der Waals surface area contributed by atoms with Gasteiger partial charge in [-0.1, -0.05) is 60.7 Å². The number of fused-ring (bicyclic) bond motifs is 1. The number of carbonyl (C=O) groups excluding carboxylic acids is 2. The van der Waals surface area contributed by atoms with Crippen LogP contribution in [-0.4, -0.2) is 27.4 Å². The number of nitrogens with one attached hydrogen (secondary N) is 1. The summed E-state index contributed by atoms with van der Waals surface area (Å²) in [6.07, 6.45) is 5.37. The van der Waals surface area contributed by atoms with Crippen LogP contribution in [0.25, 0.3) is 0 Å². The van der Waals surface area contributed by atoms with Crippen LogP contribution < -0.4 is 5.43 Å². The van der Waals surface area contributed by atoms with Gasteiger partial charge in [0, 0.05) is 48.6 Å². The highest BCUT2D eigenvalue weighted by Gasteiger charge is 2.30. The van der Waals surface area contributed by atoms with E-state index in [1.165, 1.54) is 0 Å². The van der Waals surface area contributed by atoms with Crippen LogP contribution in [0, 0.1) is 6.92 Å². The van der Waals surface area contributed by atoms with Crippen LogP contribution in [0.4, 0.5) is 0 Å². The van der Waals surface area contributed by atoms with E-state index in [2.05, 4.69) is 15.5 Å². The molecule has 4 aromatic rings. The van der Waals surface area contributed by atoms with Gasteiger partial charge >= 0.3 is 0 Å². The topological polar surface area (TPSA) is 87.8 Å². The average Bonchev–Trinajstić information content (AvgIpc) is 3.29. The molecule has 1 N–H and O–H groups in total. The summed E-state index contributed by atoms with van der Waals surface area (Å²) in [7, 11) is 0. The van der Waals surface area contributed by atoms with Crippen molar-refractivity contribution in [2.75, 3.05) is 0 Å². The number of carbonyl (C=O) groups is 2. The molecule has 0 fully saturated rings. The molecule has 2 amide bonds. The van der Waals surface area contributed by atoms with Crippen LogP contribution in [-0.2, 0) is 19.5 Å². The number of pyridine rings is 1. The molecule has 0 saturated heterocycles. The Morgan fingerprint density at radius 1 is 0.919 bits per heavy atom. The van der Waals surface area contributed by atoms with Gasteiger partial charge in [0.1, 0.15) is 5.76 Å². The van der Waals surface area contributed by atoms with Gasteiger partial charge in [0.2, 0.25) is 0 Å². The van der Waals surface area contributed by atoms with E-state index in [1.54, 1.807) is 24.5 Å². The van der Waals surface area contributed by atoms with E-state index >= 15 is 0 Å². The molecule has 0 spiro atoms. The first kappa shape index (κ1) is 24.2. The quantitative estimate of drug-likeness (QED) is 0.355. The van der Waals surface area contributed by atoms with E-state index < -0.39 is 0 Å². The molecule has 0 radical (unpaired) electrons. The Bertz CT molecular complexity index is 1370. The molecule has 2 aromatic heterocycles. The fraction of sp³-hybridized carbons (Fsp3) is 0.200. The smallest absolute Gasteiger partial charge is 0.290 e. The third kappa shape index (κ3) is 5.51. The van der Waals surface area contributed by atoms with Gasteiger partial charge < -0.3 is 9.32 Å². The van der Waals surface area contributed by atoms with Crippen molar-refractivity contribution in [3.8, 4) is 0 Å². The van der Waals surface area contributed by atoms with Gasteiger partial charge in [0.05, 0.1) is 5.71 Å². The van der Waals surface area contributed by atoms with Crippen molar-refractivity contribution in [1.29, 1.82) is 0 Å². The minimum absolute atomic E-state index is 0.167. The lowest BCUT2D eigenvalue weighted by atomic mass is 9.93. The van der Waals surface area contributed by atoms with Crippen molar-refractivity contribution in [3.63, 3.8) is 0 Å². The van der Waals surface area contributed by atoms with Gasteiger partial charge in [0.25, 0.3) is 11.8 Å². The highest BCUT2D eigenvalue weighted by Crippen LogP contribution is 2.31. The Kier molecular flexibility index (Phi) is 7.21. The third-order valence-electron chi connectivity index (χ3n) is 6.47. The summed E-state index contributed by atoms with van der Waals surface area (Å²) >= 11 is 0. The Labute approximate surface area is 215 Å². The zero-order valence-corrected chi connectivity index (χ0v) is 20.7. The summed E-state index contributed by atoms with van der Waals surface area (Å²) in [5, 5.41) is 4.43. The summed E-state index contributed by atoms with van der Waals surface area (Å²) in [5.41, 5.74) is 7.51. The number of rotatable bonds is 7. The number of aryl methyl sites for hydroxylation is 1. The first-order chi connectivity index (χ1) is 18.1. The van der Waals surface area contributed by atoms with Crippen LogP contribution in [0.2, 0.25) is 0 Å². The standard InChI is InChI=1S/C30H28N4O3/c1-21-27-25(32-33-29(35)24-15-17-31-18-16-24)13-8-14-26(27)37-28(21)30(36)34(19-22-9-4-2-5-10-22)20-23-11-6-3-7-12-23/h2-7,9-12,15-18H,8,13-14,19-20H2,1H3,(H,33,35)/b32-25+. The van der Waals surface area contributed by atoms with E-state index in [4.69, 9.17) is 4.42 Å². The van der Waals surface area contributed by atoms with E-state index in [0.717, 1.165) is 46.6 Å². The van der Waals surface area contributed by atoms with Crippen LogP contribution in [0.5, 0.6) is 0 Å². The number of hydrazone groups is 1. The van der Waals surface area contributed by atoms with E-state index in [-0.39, 0.29) is 11.8 Å². The minimum Gasteiger partial charge on any atom is -0.455 e. The molecule has 7 heteroatoms. The number of hydrogen-bond acceptors (Lipinski definition) is 5. The van der Waals surface area contributed by atoms with Crippen molar-refractivity contribution in [3.05, 3.63) is 125 Å². The zero-order valence-electron chi connectivity index (χ0n) is 20.7. The molecule has 7 nitrogen and oxygen atoms in total. The molecule has 0 saturated carbocycles. The first-order valence-electron chi connectivity index (χ1n) is 12.4. The predicted molar refractivity (Wildman–Crippen MR) is 141 cm³/mol. The fourth-order valence-corrected chi connectivity index (χ4v) is 4.62. The average molecular weight is 493 g/mol. The summed E-state index contributed by atoms with van der Waals surface area (Å²) in [6.45, 7) is 2.81. The maximum atomic E-state index is 13.9. The van der Waals surface area contributed by atoms with Gasteiger partial charge in [0.15, 0.2) is 5.76 Å². The Morgan fingerprint density at radius 3 is 2.16 bits per heavy atom. The molecule has 1 aliphatic carbocycles. The van der Waals surface area contributed by atoms with Gasteiger partial charge in [-0.3, -0.25) is 14.6 Å². The lowest BCUT2D eigenvalue weighted by Gasteiger charge is -2.22. The second kappa shape index (κ2) is 11.0. The molecule has 37 heavy (non-hydrogen) atoms. The van der Waals surface area contributed by atoms with E-state index in [9.17, 15) is 9.59 Å². The molecule has 186 valence electrons. The number of amides is 2. The Hall–Kier alpha value is -4.52. The second-order valence-corrected chi connectivity index (χ2v) is 9.08. The lowest BCUT2D eigenvalue weighted by molar-refractivity contribution is 0.0694. The van der Waals surface area contributed by atoms with Gasteiger partial charge in [-0.2, -0.15) is 5.10 Å². The van der Waals surface area contributed by atoms with Crippen molar-refractivity contribution in [2.24, 2.45) is 5.10 Å². The normalized spacial score (nSPS) is 13.7. The summed E-state index contributed by atoms with van der Waals surface area (Å²) in [6, 6.07) is 23.1. The number of benzene rings is 2. The summed E-state index contributed by atoms with van der Waals surface area (Å²) in [4.78, 5) is 32.1. The number of hydrogen-bond donors (Lipinski definition) is 1. The predicted octanol–water partition coefficient (Wildman–Crippen LogP) is 5.30. The second-order valence-electron chi connectivity index (χ2n) is 9.08. The minimum atomic E-state index is -0.309. The van der Waals surface area contributed by atoms with Crippen molar-refractivity contribution >= 4 is 17.5 Å². The lowest BCUT2D eigenvalue weighted by Crippen LogP contribution is -2.30. The SMILES string of the molecule is Cc1c(C(=O)N(Cc2ccccc2)Cc2ccccc2)oc2c1/C(=N/NC(=O)c1ccncc1)CCC2. The van der Waals surface area contributed by atoms with Gasteiger partial charge in [-0.15, -0.1) is 0 Å². The van der Waals surface area contributed by atoms with Crippen molar-refractivity contribution in [1.82, 2.24) is 15.3 Å². The Balaban J connectivity index is 1.43. The van der Waals surface area contributed by atoms with Gasteiger partial charge in [-0.25, -0.2) is 5.43 Å². The molecule has 0 aliphatic heterocycles. The Morgan fingerprint density at radius 2 is 1.54 bits per heavy atom. The maximum Gasteiger partial charge on any atom is 0.290 e. The molecule has 2 heterocycles. The molecule has 0 atom stereocenters. The van der Waals surface area contributed by atoms with Crippen LogP contribution in [0.15, 0.2) is 94.7 Å². The molecular weight excluding hydrogens is 464 g/mol.